The fourth-order valence-electron chi connectivity index (χ4n) is 2.42. The van der Waals surface area contributed by atoms with Gasteiger partial charge in [0.1, 0.15) is 18.4 Å². The number of carbonyl (C=O) groups excluding carboxylic acids is 1. The summed E-state index contributed by atoms with van der Waals surface area (Å²) in [6.45, 7) is -0.150. The van der Waals surface area contributed by atoms with Gasteiger partial charge < -0.3 is 5.32 Å². The van der Waals surface area contributed by atoms with Crippen LogP contribution in [-0.4, -0.2) is 25.1 Å². The number of hydrogen-bond acceptors (Lipinski definition) is 5. The lowest BCUT2D eigenvalue weighted by Crippen LogP contribution is -2.30. The van der Waals surface area contributed by atoms with Crippen LogP contribution in [0.2, 0.25) is 0 Å². The van der Waals surface area contributed by atoms with Gasteiger partial charge >= 0.3 is 0 Å². The van der Waals surface area contributed by atoms with Crippen LogP contribution in [0.1, 0.15) is 0 Å². The lowest BCUT2D eigenvalue weighted by molar-refractivity contribution is -0.117. The van der Waals surface area contributed by atoms with E-state index < -0.39 is 0 Å². The molecule has 0 aliphatic heterocycles. The molecule has 23 heavy (non-hydrogen) atoms. The largest absolute Gasteiger partial charge is 0.323 e. The van der Waals surface area contributed by atoms with Crippen molar-refractivity contribution in [3.63, 3.8) is 0 Å². The highest BCUT2D eigenvalue weighted by Crippen LogP contribution is 2.23. The van der Waals surface area contributed by atoms with E-state index in [2.05, 4.69) is 15.4 Å². The molecule has 7 nitrogen and oxygen atoms in total. The predicted octanol–water partition coefficient (Wildman–Crippen LogP) is 1.74. The van der Waals surface area contributed by atoms with Gasteiger partial charge in [0.05, 0.1) is 22.1 Å². The average Bonchev–Trinajstić information content (AvgIpc) is 3.12. The van der Waals surface area contributed by atoms with Crippen LogP contribution >= 0.6 is 11.3 Å². The van der Waals surface area contributed by atoms with Crippen LogP contribution in [0, 0.1) is 0 Å². The maximum Gasteiger partial charge on any atom is 0.291 e. The molecule has 4 aromatic heterocycles. The Morgan fingerprint density at radius 2 is 2.22 bits per heavy atom. The average molecular weight is 325 g/mol. The molecule has 0 atom stereocenters. The van der Waals surface area contributed by atoms with Gasteiger partial charge in [-0.2, -0.15) is 5.10 Å². The summed E-state index contributed by atoms with van der Waals surface area (Å²) < 4.78 is 3.91. The maximum absolute atomic E-state index is 12.5. The van der Waals surface area contributed by atoms with E-state index in [0.717, 1.165) is 14.9 Å². The van der Waals surface area contributed by atoms with E-state index in [4.69, 9.17) is 0 Å². The first kappa shape index (κ1) is 13.6. The molecule has 4 rings (SSSR count). The number of hydrogen-bond donors (Lipinski definition) is 1. The Kier molecular flexibility index (Phi) is 3.16. The molecule has 0 aromatic carbocycles. The summed E-state index contributed by atoms with van der Waals surface area (Å²) in [6, 6.07) is 7.21. The summed E-state index contributed by atoms with van der Waals surface area (Å²) in [6.07, 6.45) is 4.72. The molecule has 0 radical (unpaired) electrons. The van der Waals surface area contributed by atoms with Crippen LogP contribution < -0.4 is 10.9 Å². The van der Waals surface area contributed by atoms with Crippen molar-refractivity contribution >= 4 is 38.7 Å². The first-order chi connectivity index (χ1) is 11.2. The minimum atomic E-state index is -0.328. The Labute approximate surface area is 133 Å². The number of fused-ring (bicyclic) bond motifs is 3. The number of anilines is 1. The van der Waals surface area contributed by atoms with Gasteiger partial charge in [-0.15, -0.1) is 11.3 Å². The van der Waals surface area contributed by atoms with E-state index in [1.807, 2.05) is 17.5 Å². The third-order valence-electron chi connectivity index (χ3n) is 3.46. The molecule has 0 saturated heterocycles. The van der Waals surface area contributed by atoms with Crippen molar-refractivity contribution in [2.45, 2.75) is 6.54 Å². The van der Waals surface area contributed by atoms with Crippen LogP contribution in [0.15, 0.2) is 53.2 Å². The van der Waals surface area contributed by atoms with E-state index >= 15 is 0 Å². The molecular weight excluding hydrogens is 314 g/mol. The van der Waals surface area contributed by atoms with Gasteiger partial charge in [-0.25, -0.2) is 4.68 Å². The molecular formula is C15H11N5O2S. The molecule has 4 aromatic rings. The SMILES string of the molecule is O=C(Cn1ncn2c(cc3sccc32)c1=O)Nc1cccnc1. The van der Waals surface area contributed by atoms with Crippen LogP contribution in [0.5, 0.6) is 0 Å². The summed E-state index contributed by atoms with van der Waals surface area (Å²) in [7, 11) is 0. The standard InChI is InChI=1S/C15H11N5O2S/c21-14(18-10-2-1-4-16-7-10)8-20-15(22)12-6-13-11(3-5-23-13)19(12)9-17-20/h1-7,9H,8H2,(H,18,21). The summed E-state index contributed by atoms with van der Waals surface area (Å²) in [5, 5.41) is 8.73. The van der Waals surface area contributed by atoms with E-state index in [1.54, 1.807) is 46.6 Å². The van der Waals surface area contributed by atoms with E-state index in [-0.39, 0.29) is 18.0 Å². The normalized spacial score (nSPS) is 11.1. The zero-order chi connectivity index (χ0) is 15.8. The van der Waals surface area contributed by atoms with Gasteiger partial charge in [0.15, 0.2) is 0 Å². The van der Waals surface area contributed by atoms with Crippen LogP contribution in [0.25, 0.3) is 15.7 Å². The second-order valence-corrected chi connectivity index (χ2v) is 5.90. The van der Waals surface area contributed by atoms with Crippen LogP contribution in [0.4, 0.5) is 5.69 Å². The zero-order valence-electron chi connectivity index (χ0n) is 11.8. The predicted molar refractivity (Wildman–Crippen MR) is 87.7 cm³/mol. The van der Waals surface area contributed by atoms with E-state index in [9.17, 15) is 9.59 Å². The Morgan fingerprint density at radius 1 is 1.30 bits per heavy atom. The number of thiophene rings is 1. The Bertz CT molecular complexity index is 1060. The zero-order valence-corrected chi connectivity index (χ0v) is 12.7. The molecule has 0 unspecified atom stereocenters. The van der Waals surface area contributed by atoms with E-state index in [1.165, 1.54) is 0 Å². The van der Waals surface area contributed by atoms with Crippen molar-refractivity contribution < 1.29 is 4.79 Å². The molecule has 0 aliphatic carbocycles. The monoisotopic (exact) mass is 325 g/mol. The summed E-state index contributed by atoms with van der Waals surface area (Å²) >= 11 is 1.56. The molecule has 0 spiro atoms. The van der Waals surface area contributed by atoms with Crippen LogP contribution in [0.3, 0.4) is 0 Å². The molecule has 8 heteroatoms. The highest BCUT2D eigenvalue weighted by Gasteiger charge is 2.12. The van der Waals surface area contributed by atoms with Crippen molar-refractivity contribution in [1.82, 2.24) is 19.2 Å². The van der Waals surface area contributed by atoms with E-state index in [0.29, 0.717) is 11.2 Å². The quantitative estimate of drug-likeness (QED) is 0.622. The summed E-state index contributed by atoms with van der Waals surface area (Å²) in [5.41, 5.74) is 1.74. The molecule has 0 aliphatic rings. The topological polar surface area (TPSA) is 81.3 Å². The Morgan fingerprint density at radius 3 is 3.04 bits per heavy atom. The van der Waals surface area contributed by atoms with Crippen molar-refractivity contribution in [2.24, 2.45) is 0 Å². The highest BCUT2D eigenvalue weighted by atomic mass is 32.1. The van der Waals surface area contributed by atoms with Crippen molar-refractivity contribution in [3.05, 3.63) is 58.7 Å². The highest BCUT2D eigenvalue weighted by molar-refractivity contribution is 7.17. The third-order valence-corrected chi connectivity index (χ3v) is 4.31. The molecule has 0 bridgehead atoms. The maximum atomic E-state index is 12.5. The molecule has 1 N–H and O–H groups in total. The second-order valence-electron chi connectivity index (χ2n) is 4.95. The van der Waals surface area contributed by atoms with Crippen molar-refractivity contribution in [3.8, 4) is 0 Å². The van der Waals surface area contributed by atoms with Crippen LogP contribution in [-0.2, 0) is 11.3 Å². The fraction of sp³-hybridized carbons (Fsp3) is 0.0667. The fourth-order valence-corrected chi connectivity index (χ4v) is 3.23. The number of aromatic nitrogens is 4. The molecule has 1 amide bonds. The van der Waals surface area contributed by atoms with Gasteiger partial charge in [-0.1, -0.05) is 0 Å². The lowest BCUT2D eigenvalue weighted by atomic mass is 10.4. The summed E-state index contributed by atoms with van der Waals surface area (Å²) in [4.78, 5) is 28.4. The van der Waals surface area contributed by atoms with Gasteiger partial charge in [-0.3, -0.25) is 19.0 Å². The Hall–Kier alpha value is -3.00. The van der Waals surface area contributed by atoms with Gasteiger partial charge in [-0.05, 0) is 29.6 Å². The Balaban J connectivity index is 1.65. The second kappa shape index (κ2) is 5.33. The number of nitrogens with one attached hydrogen (secondary N) is 1. The van der Waals surface area contributed by atoms with Gasteiger partial charge in [0.25, 0.3) is 5.56 Å². The smallest absolute Gasteiger partial charge is 0.291 e. The van der Waals surface area contributed by atoms with Gasteiger partial charge in [0, 0.05) is 6.20 Å². The number of rotatable bonds is 3. The molecule has 0 saturated carbocycles. The molecule has 0 fully saturated rings. The van der Waals surface area contributed by atoms with Crippen molar-refractivity contribution in [1.29, 1.82) is 0 Å². The first-order valence-corrected chi connectivity index (χ1v) is 7.74. The summed E-state index contributed by atoms with van der Waals surface area (Å²) in [5.74, 6) is -0.328. The minimum Gasteiger partial charge on any atom is -0.323 e. The third kappa shape index (κ3) is 2.38. The number of amides is 1. The van der Waals surface area contributed by atoms with Crippen molar-refractivity contribution in [2.75, 3.05) is 5.32 Å². The molecule has 114 valence electrons. The first-order valence-electron chi connectivity index (χ1n) is 6.86. The molecule has 4 heterocycles. The number of pyridine rings is 1. The number of carbonyl (C=O) groups is 1. The van der Waals surface area contributed by atoms with Gasteiger partial charge in [0.2, 0.25) is 5.91 Å². The number of nitrogens with zero attached hydrogens (tertiary/aromatic N) is 4. The lowest BCUT2D eigenvalue weighted by Gasteiger charge is -2.06. The minimum absolute atomic E-state index is 0.150.